The Kier molecular flexibility index (Phi) is 16.5. The van der Waals surface area contributed by atoms with Gasteiger partial charge < -0.3 is 23.7 Å². The van der Waals surface area contributed by atoms with E-state index in [1.165, 1.54) is 19.3 Å². The lowest BCUT2D eigenvalue weighted by molar-refractivity contribution is -0.870. The lowest BCUT2D eigenvalue weighted by atomic mass is 10.2. The molecule has 1 unspecified atom stereocenters. The standard InChI is InChI=1S/C20H43N2O5PS/c1-6-8-10-12-16-29-18-19(21-20(23)13-11-9-7-2)17-27-28(24,25)26-15-14-22(3,4)5/h19H,6-18H2,1-5H3,(H-,21,23,24,25)/t19-/m0/s1. The summed E-state index contributed by atoms with van der Waals surface area (Å²) in [5, 5.41) is 2.93. The van der Waals surface area contributed by atoms with E-state index in [1.807, 2.05) is 21.1 Å². The number of carbonyl (C=O) groups excluding carboxylic acids is 1. The van der Waals surface area contributed by atoms with E-state index >= 15 is 0 Å². The summed E-state index contributed by atoms with van der Waals surface area (Å²) in [6.07, 6.45) is 8.12. The molecule has 0 bridgehead atoms. The van der Waals surface area contributed by atoms with Crippen LogP contribution in [0.15, 0.2) is 0 Å². The van der Waals surface area contributed by atoms with Crippen LogP contribution in [0.2, 0.25) is 0 Å². The van der Waals surface area contributed by atoms with Crippen molar-refractivity contribution in [2.75, 3.05) is 52.4 Å². The van der Waals surface area contributed by atoms with Gasteiger partial charge >= 0.3 is 0 Å². The van der Waals surface area contributed by atoms with Crippen molar-refractivity contribution in [3.63, 3.8) is 0 Å². The molecular formula is C20H43N2O5PS. The van der Waals surface area contributed by atoms with Crippen molar-refractivity contribution >= 4 is 25.5 Å². The number of phosphoric acid groups is 1. The predicted octanol–water partition coefficient (Wildman–Crippen LogP) is 3.57. The van der Waals surface area contributed by atoms with E-state index in [0.717, 1.165) is 31.4 Å². The van der Waals surface area contributed by atoms with E-state index in [4.69, 9.17) is 9.05 Å². The van der Waals surface area contributed by atoms with Gasteiger partial charge in [0.25, 0.3) is 7.82 Å². The molecule has 7 nitrogen and oxygen atoms in total. The molecule has 0 heterocycles. The maximum absolute atomic E-state index is 12.2. The summed E-state index contributed by atoms with van der Waals surface area (Å²) in [5.74, 6) is 1.58. The van der Waals surface area contributed by atoms with Crippen molar-refractivity contribution in [1.29, 1.82) is 0 Å². The average Bonchev–Trinajstić information content (AvgIpc) is 2.61. The van der Waals surface area contributed by atoms with E-state index in [9.17, 15) is 14.3 Å². The number of nitrogens with zero attached hydrogens (tertiary/aromatic N) is 1. The first-order valence-electron chi connectivity index (χ1n) is 10.9. The Balaban J connectivity index is 4.45. The van der Waals surface area contributed by atoms with E-state index in [2.05, 4.69) is 19.2 Å². The molecule has 174 valence electrons. The topological polar surface area (TPSA) is 87.7 Å². The van der Waals surface area contributed by atoms with Crippen LogP contribution in [-0.4, -0.2) is 68.8 Å². The Hall–Kier alpha value is -0.110. The Morgan fingerprint density at radius 1 is 1.07 bits per heavy atom. The third-order valence-corrected chi connectivity index (χ3v) is 6.46. The van der Waals surface area contributed by atoms with Crippen molar-refractivity contribution < 1.29 is 27.8 Å². The Labute approximate surface area is 182 Å². The highest BCUT2D eigenvalue weighted by Crippen LogP contribution is 2.38. The molecule has 0 rings (SSSR count). The Bertz CT molecular complexity index is 474. The van der Waals surface area contributed by atoms with Crippen molar-refractivity contribution in [3.8, 4) is 0 Å². The van der Waals surface area contributed by atoms with Crippen LogP contribution in [0.3, 0.4) is 0 Å². The molecule has 0 spiro atoms. The molecule has 0 aliphatic heterocycles. The highest BCUT2D eigenvalue weighted by molar-refractivity contribution is 7.99. The molecule has 0 aliphatic carbocycles. The zero-order valence-corrected chi connectivity index (χ0v) is 20.8. The van der Waals surface area contributed by atoms with Gasteiger partial charge in [0.15, 0.2) is 0 Å². The minimum Gasteiger partial charge on any atom is -0.756 e. The first kappa shape index (κ1) is 28.9. The van der Waals surface area contributed by atoms with Crippen LogP contribution in [0, 0.1) is 0 Å². The minimum absolute atomic E-state index is 0.0506. The first-order chi connectivity index (χ1) is 13.6. The predicted molar refractivity (Wildman–Crippen MR) is 120 cm³/mol. The molecule has 0 aromatic rings. The number of hydrogen-bond donors (Lipinski definition) is 1. The number of carbonyl (C=O) groups is 1. The number of unbranched alkanes of at least 4 members (excludes halogenated alkanes) is 5. The Morgan fingerprint density at radius 3 is 2.34 bits per heavy atom. The fraction of sp³-hybridized carbons (Fsp3) is 0.950. The molecule has 1 N–H and O–H groups in total. The van der Waals surface area contributed by atoms with Crippen molar-refractivity contribution in [1.82, 2.24) is 5.32 Å². The quantitative estimate of drug-likeness (QED) is 0.182. The van der Waals surface area contributed by atoms with Crippen LogP contribution in [0.25, 0.3) is 0 Å². The third-order valence-electron chi connectivity index (χ3n) is 4.28. The van der Waals surface area contributed by atoms with Crippen LogP contribution in [0.1, 0.15) is 65.2 Å². The van der Waals surface area contributed by atoms with Crippen LogP contribution < -0.4 is 10.2 Å². The number of nitrogens with one attached hydrogen (secondary N) is 1. The number of likely N-dealkylation sites (N-methyl/N-ethyl adjacent to an activating group) is 1. The van der Waals surface area contributed by atoms with Gasteiger partial charge in [-0.2, -0.15) is 11.8 Å². The van der Waals surface area contributed by atoms with E-state index in [0.29, 0.717) is 23.2 Å². The molecule has 0 aromatic carbocycles. The molecule has 0 aromatic heterocycles. The first-order valence-corrected chi connectivity index (χ1v) is 13.5. The van der Waals surface area contributed by atoms with Crippen LogP contribution >= 0.6 is 19.6 Å². The summed E-state index contributed by atoms with van der Waals surface area (Å²) >= 11 is 1.72. The average molecular weight is 455 g/mol. The minimum atomic E-state index is -4.38. The molecule has 29 heavy (non-hydrogen) atoms. The van der Waals surface area contributed by atoms with Crippen molar-refractivity contribution in [2.24, 2.45) is 0 Å². The zero-order valence-electron chi connectivity index (χ0n) is 19.1. The number of rotatable bonds is 19. The molecule has 2 atom stereocenters. The van der Waals surface area contributed by atoms with Crippen LogP contribution in [0.5, 0.6) is 0 Å². The third kappa shape index (κ3) is 19.6. The van der Waals surface area contributed by atoms with E-state index < -0.39 is 7.82 Å². The second-order valence-corrected chi connectivity index (χ2v) is 11.0. The summed E-state index contributed by atoms with van der Waals surface area (Å²) < 4.78 is 22.6. The fourth-order valence-electron chi connectivity index (χ4n) is 2.47. The lowest BCUT2D eigenvalue weighted by Gasteiger charge is -2.28. The molecule has 0 fully saturated rings. The summed E-state index contributed by atoms with van der Waals surface area (Å²) in [6, 6.07) is -0.343. The maximum atomic E-state index is 12.2. The maximum Gasteiger partial charge on any atom is 0.268 e. The highest BCUT2D eigenvalue weighted by Gasteiger charge is 2.18. The lowest BCUT2D eigenvalue weighted by Crippen LogP contribution is -2.40. The molecule has 9 heteroatoms. The summed E-state index contributed by atoms with van der Waals surface area (Å²) in [5.41, 5.74) is 0. The van der Waals surface area contributed by atoms with E-state index in [1.54, 1.807) is 11.8 Å². The highest BCUT2D eigenvalue weighted by atomic mass is 32.2. The second kappa shape index (κ2) is 16.6. The molecular weight excluding hydrogens is 411 g/mol. The van der Waals surface area contributed by atoms with Crippen molar-refractivity contribution in [2.45, 2.75) is 71.3 Å². The molecule has 0 saturated heterocycles. The summed E-state index contributed by atoms with van der Waals surface area (Å²) in [6.45, 7) is 4.81. The van der Waals surface area contributed by atoms with Crippen molar-refractivity contribution in [3.05, 3.63) is 0 Å². The summed E-state index contributed by atoms with van der Waals surface area (Å²) in [7, 11) is 1.50. The number of quaternary nitrogens is 1. The molecule has 0 radical (unpaired) electrons. The fourth-order valence-corrected chi connectivity index (χ4v) is 4.25. The largest absolute Gasteiger partial charge is 0.756 e. The second-order valence-electron chi connectivity index (χ2n) is 8.45. The van der Waals surface area contributed by atoms with Gasteiger partial charge in [-0.15, -0.1) is 0 Å². The van der Waals surface area contributed by atoms with Gasteiger partial charge in [0.1, 0.15) is 13.2 Å². The van der Waals surface area contributed by atoms with E-state index in [-0.39, 0.29) is 25.2 Å². The van der Waals surface area contributed by atoms with Gasteiger partial charge in [0, 0.05) is 12.2 Å². The van der Waals surface area contributed by atoms with Gasteiger partial charge in [-0.1, -0.05) is 46.0 Å². The smallest absolute Gasteiger partial charge is 0.268 e. The number of phosphoric ester groups is 1. The van der Waals surface area contributed by atoms with Crippen LogP contribution in [-0.2, 0) is 18.4 Å². The SMILES string of the molecule is CCCCCCSC[C@H](COP(=O)([O-])OCC[N+](C)(C)C)NC(=O)CCCCC. The van der Waals surface area contributed by atoms with Gasteiger partial charge in [0.05, 0.1) is 33.8 Å². The number of thioether (sulfide) groups is 1. The summed E-state index contributed by atoms with van der Waals surface area (Å²) in [4.78, 5) is 24.2. The molecule has 0 saturated carbocycles. The van der Waals surface area contributed by atoms with Gasteiger partial charge in [-0.3, -0.25) is 9.36 Å². The van der Waals surface area contributed by atoms with Gasteiger partial charge in [0.2, 0.25) is 5.91 Å². The molecule has 0 aliphatic rings. The zero-order chi connectivity index (χ0) is 22.2. The van der Waals surface area contributed by atoms with Gasteiger partial charge in [-0.25, -0.2) is 0 Å². The Morgan fingerprint density at radius 2 is 1.72 bits per heavy atom. The van der Waals surface area contributed by atoms with Gasteiger partial charge in [-0.05, 0) is 18.6 Å². The normalized spacial score (nSPS) is 15.1. The molecule has 1 amide bonds. The monoisotopic (exact) mass is 454 g/mol. The number of amides is 1. The van der Waals surface area contributed by atoms with Crippen LogP contribution in [0.4, 0.5) is 0 Å². The number of hydrogen-bond acceptors (Lipinski definition) is 6.